The van der Waals surface area contributed by atoms with Gasteiger partial charge < -0.3 is 10.1 Å². The summed E-state index contributed by atoms with van der Waals surface area (Å²) in [6.45, 7) is -0.740. The molecule has 0 saturated carbocycles. The Kier molecular flexibility index (Phi) is 7.38. The Balaban J connectivity index is 1.86. The van der Waals surface area contributed by atoms with Crippen LogP contribution < -0.4 is 10.1 Å². The van der Waals surface area contributed by atoms with E-state index in [-0.39, 0.29) is 17.7 Å². The van der Waals surface area contributed by atoms with Crippen LogP contribution in [0.15, 0.2) is 54.6 Å². The predicted molar refractivity (Wildman–Crippen MR) is 93.6 cm³/mol. The first-order chi connectivity index (χ1) is 12.1. The van der Waals surface area contributed by atoms with Gasteiger partial charge in [-0.1, -0.05) is 55.8 Å². The first-order valence-electron chi connectivity index (χ1n) is 8.46. The van der Waals surface area contributed by atoms with Crippen molar-refractivity contribution in [3.63, 3.8) is 0 Å². The van der Waals surface area contributed by atoms with Crippen molar-refractivity contribution < 1.29 is 18.3 Å². The summed E-state index contributed by atoms with van der Waals surface area (Å²) in [5.74, 6) is 0.102. The fourth-order valence-electron chi connectivity index (χ4n) is 2.66. The van der Waals surface area contributed by atoms with Gasteiger partial charge >= 0.3 is 6.61 Å². The Hall–Kier alpha value is -2.43. The Morgan fingerprint density at radius 2 is 1.76 bits per heavy atom. The summed E-state index contributed by atoms with van der Waals surface area (Å²) in [6, 6.07) is 16.3. The molecule has 0 fully saturated rings. The van der Waals surface area contributed by atoms with Gasteiger partial charge in [0.15, 0.2) is 0 Å². The molecule has 1 atom stereocenters. The van der Waals surface area contributed by atoms with Gasteiger partial charge in [-0.2, -0.15) is 8.78 Å². The van der Waals surface area contributed by atoms with Crippen molar-refractivity contribution >= 4 is 5.91 Å². The van der Waals surface area contributed by atoms with E-state index in [1.54, 1.807) is 12.1 Å². The summed E-state index contributed by atoms with van der Waals surface area (Å²) in [6.07, 6.45) is 2.76. The van der Waals surface area contributed by atoms with Crippen LogP contribution in [0.1, 0.15) is 43.4 Å². The molecule has 2 aromatic carbocycles. The first-order valence-corrected chi connectivity index (χ1v) is 8.46. The number of hydrogen-bond donors (Lipinski definition) is 1. The number of carbonyl (C=O) groups is 1. The molecule has 1 unspecified atom stereocenters. The fraction of sp³-hybridized carbons (Fsp3) is 0.350. The maximum Gasteiger partial charge on any atom is 0.387 e. The van der Waals surface area contributed by atoms with Crippen molar-refractivity contribution in [2.45, 2.75) is 45.3 Å². The Morgan fingerprint density at radius 3 is 2.36 bits per heavy atom. The minimum atomic E-state index is -2.83. The van der Waals surface area contributed by atoms with E-state index in [1.165, 1.54) is 12.1 Å². The molecule has 0 radical (unpaired) electrons. The topological polar surface area (TPSA) is 38.3 Å². The van der Waals surface area contributed by atoms with E-state index in [0.717, 1.165) is 24.0 Å². The molecule has 0 aliphatic heterocycles. The number of ether oxygens (including phenoxy) is 1. The number of carbonyl (C=O) groups excluding carboxylic acids is 1. The lowest BCUT2D eigenvalue weighted by atomic mass is 10.0. The SMILES string of the molecule is CCCC(NC(=O)CCc1ccc(OC(F)F)cc1)c1ccccc1. The molecule has 0 bridgehead atoms. The average Bonchev–Trinajstić information content (AvgIpc) is 2.61. The molecule has 0 aliphatic rings. The third kappa shape index (κ3) is 6.53. The lowest BCUT2D eigenvalue weighted by Crippen LogP contribution is -2.28. The van der Waals surface area contributed by atoms with Gasteiger partial charge in [0.25, 0.3) is 0 Å². The Bertz CT molecular complexity index is 645. The number of alkyl halides is 2. The van der Waals surface area contributed by atoms with E-state index in [1.807, 2.05) is 30.3 Å². The number of hydrogen-bond acceptors (Lipinski definition) is 2. The van der Waals surface area contributed by atoms with Gasteiger partial charge in [0.05, 0.1) is 6.04 Å². The predicted octanol–water partition coefficient (Wildman–Crippen LogP) is 4.88. The molecule has 2 aromatic rings. The highest BCUT2D eigenvalue weighted by molar-refractivity contribution is 5.76. The zero-order valence-electron chi connectivity index (χ0n) is 14.3. The van der Waals surface area contributed by atoms with Crippen LogP contribution in [0.2, 0.25) is 0 Å². The van der Waals surface area contributed by atoms with Gasteiger partial charge in [0.2, 0.25) is 5.91 Å². The van der Waals surface area contributed by atoms with Gasteiger partial charge in [0.1, 0.15) is 5.75 Å². The van der Waals surface area contributed by atoms with Crippen molar-refractivity contribution in [1.82, 2.24) is 5.32 Å². The van der Waals surface area contributed by atoms with Crippen LogP contribution in [-0.2, 0) is 11.2 Å². The molecule has 1 amide bonds. The molecule has 0 aliphatic carbocycles. The van der Waals surface area contributed by atoms with Crippen LogP contribution in [0.3, 0.4) is 0 Å². The molecular weight excluding hydrogens is 324 g/mol. The fourth-order valence-corrected chi connectivity index (χ4v) is 2.66. The number of rotatable bonds is 9. The number of benzene rings is 2. The van der Waals surface area contributed by atoms with Crippen LogP contribution in [0.4, 0.5) is 8.78 Å². The summed E-state index contributed by atoms with van der Waals surface area (Å²) < 4.78 is 28.6. The van der Waals surface area contributed by atoms with Gasteiger partial charge in [-0.05, 0) is 36.1 Å². The van der Waals surface area contributed by atoms with Gasteiger partial charge in [0, 0.05) is 6.42 Å². The minimum Gasteiger partial charge on any atom is -0.435 e. The highest BCUT2D eigenvalue weighted by Crippen LogP contribution is 2.19. The zero-order chi connectivity index (χ0) is 18.1. The quantitative estimate of drug-likeness (QED) is 0.702. The van der Waals surface area contributed by atoms with E-state index < -0.39 is 6.61 Å². The lowest BCUT2D eigenvalue weighted by Gasteiger charge is -2.18. The van der Waals surface area contributed by atoms with E-state index >= 15 is 0 Å². The molecule has 0 aromatic heterocycles. The maximum absolute atomic E-state index is 12.3. The summed E-state index contributed by atoms with van der Waals surface area (Å²) >= 11 is 0. The summed E-state index contributed by atoms with van der Waals surface area (Å²) in [4.78, 5) is 12.3. The normalized spacial score (nSPS) is 12.0. The van der Waals surface area contributed by atoms with E-state index in [4.69, 9.17) is 0 Å². The van der Waals surface area contributed by atoms with Crippen molar-refractivity contribution in [3.8, 4) is 5.75 Å². The first kappa shape index (κ1) is 18.9. The number of nitrogens with one attached hydrogen (secondary N) is 1. The van der Waals surface area contributed by atoms with E-state index in [2.05, 4.69) is 17.0 Å². The second-order valence-electron chi connectivity index (χ2n) is 5.84. The van der Waals surface area contributed by atoms with Gasteiger partial charge in [-0.3, -0.25) is 4.79 Å². The number of halogens is 2. The van der Waals surface area contributed by atoms with Gasteiger partial charge in [-0.25, -0.2) is 0 Å². The largest absolute Gasteiger partial charge is 0.435 e. The molecule has 5 heteroatoms. The number of amides is 1. The molecule has 25 heavy (non-hydrogen) atoms. The molecule has 1 N–H and O–H groups in total. The van der Waals surface area contributed by atoms with Crippen LogP contribution in [0.5, 0.6) is 5.75 Å². The average molecular weight is 347 g/mol. The maximum atomic E-state index is 12.3. The van der Waals surface area contributed by atoms with Crippen LogP contribution in [-0.4, -0.2) is 12.5 Å². The van der Waals surface area contributed by atoms with Crippen molar-refractivity contribution in [2.24, 2.45) is 0 Å². The van der Waals surface area contributed by atoms with Crippen molar-refractivity contribution in [1.29, 1.82) is 0 Å². The highest BCUT2D eigenvalue weighted by atomic mass is 19.3. The Labute approximate surface area is 147 Å². The van der Waals surface area contributed by atoms with Gasteiger partial charge in [-0.15, -0.1) is 0 Å². The smallest absolute Gasteiger partial charge is 0.387 e. The van der Waals surface area contributed by atoms with Crippen molar-refractivity contribution in [3.05, 3.63) is 65.7 Å². The third-order valence-electron chi connectivity index (χ3n) is 3.90. The summed E-state index contributed by atoms with van der Waals surface area (Å²) in [5, 5.41) is 3.08. The third-order valence-corrected chi connectivity index (χ3v) is 3.90. The highest BCUT2D eigenvalue weighted by Gasteiger charge is 2.13. The molecule has 0 heterocycles. The molecule has 0 saturated heterocycles. The lowest BCUT2D eigenvalue weighted by molar-refractivity contribution is -0.121. The molecule has 3 nitrogen and oxygen atoms in total. The van der Waals surface area contributed by atoms with Crippen LogP contribution in [0.25, 0.3) is 0 Å². The minimum absolute atomic E-state index is 0.0144. The summed E-state index contributed by atoms with van der Waals surface area (Å²) in [5.41, 5.74) is 2.01. The zero-order valence-corrected chi connectivity index (χ0v) is 14.3. The summed E-state index contributed by atoms with van der Waals surface area (Å²) in [7, 11) is 0. The Morgan fingerprint density at radius 1 is 1.08 bits per heavy atom. The monoisotopic (exact) mass is 347 g/mol. The molecular formula is C20H23F2NO2. The van der Waals surface area contributed by atoms with Crippen molar-refractivity contribution in [2.75, 3.05) is 0 Å². The second-order valence-corrected chi connectivity index (χ2v) is 5.84. The standard InChI is InChI=1S/C20H23F2NO2/c1-2-6-18(16-7-4-3-5-8-16)23-19(24)14-11-15-9-12-17(13-10-15)25-20(21)22/h3-5,7-10,12-13,18,20H,2,6,11,14H2,1H3,(H,23,24). The molecule has 2 rings (SSSR count). The second kappa shape index (κ2) is 9.77. The molecule has 134 valence electrons. The van der Waals surface area contributed by atoms with Crippen LogP contribution >= 0.6 is 0 Å². The van der Waals surface area contributed by atoms with E-state index in [0.29, 0.717) is 12.8 Å². The van der Waals surface area contributed by atoms with Crippen LogP contribution in [0, 0.1) is 0 Å². The number of aryl methyl sites for hydroxylation is 1. The van der Waals surface area contributed by atoms with E-state index in [9.17, 15) is 13.6 Å². The molecule has 0 spiro atoms.